The van der Waals surface area contributed by atoms with E-state index in [0.717, 1.165) is 22.4 Å². The molecule has 0 saturated heterocycles. The number of carbonyl (C=O) groups is 1. The van der Waals surface area contributed by atoms with Crippen LogP contribution >= 0.6 is 0 Å². The van der Waals surface area contributed by atoms with E-state index in [1.165, 1.54) is 0 Å². The molecule has 0 aliphatic rings. The predicted molar refractivity (Wildman–Crippen MR) is 77.5 cm³/mol. The van der Waals surface area contributed by atoms with Crippen LogP contribution in [0.1, 0.15) is 16.7 Å². The number of nitrogens with zero attached hydrogens (tertiary/aromatic N) is 1. The van der Waals surface area contributed by atoms with E-state index >= 15 is 0 Å². The summed E-state index contributed by atoms with van der Waals surface area (Å²) in [6.45, 7) is 5.90. The van der Waals surface area contributed by atoms with E-state index < -0.39 is 0 Å². The van der Waals surface area contributed by atoms with E-state index in [4.69, 9.17) is 0 Å². The maximum atomic E-state index is 11.9. The Morgan fingerprint density at radius 2 is 1.74 bits per heavy atom. The predicted octanol–water partition coefficient (Wildman–Crippen LogP) is 3.65. The van der Waals surface area contributed by atoms with Gasteiger partial charge in [-0.05, 0) is 55.7 Å². The summed E-state index contributed by atoms with van der Waals surface area (Å²) in [6.07, 6.45) is 1.67. The van der Waals surface area contributed by atoms with Gasteiger partial charge in [-0.2, -0.15) is 0 Å². The average Bonchev–Trinajstić information content (AvgIpc) is 2.34. The van der Waals surface area contributed by atoms with Gasteiger partial charge in [0.15, 0.2) is 0 Å². The number of aromatic nitrogens is 1. The second-order valence-corrected chi connectivity index (χ2v) is 4.62. The van der Waals surface area contributed by atoms with Crippen LogP contribution in [0.25, 0.3) is 0 Å². The normalized spacial score (nSPS) is 10.1. The molecule has 98 valence electrons. The van der Waals surface area contributed by atoms with E-state index in [-0.39, 0.29) is 6.03 Å². The molecule has 2 amide bonds. The van der Waals surface area contributed by atoms with Crippen LogP contribution in [0.4, 0.5) is 16.3 Å². The molecule has 2 aromatic rings. The van der Waals surface area contributed by atoms with Gasteiger partial charge in [0.05, 0.1) is 0 Å². The average molecular weight is 255 g/mol. The van der Waals surface area contributed by atoms with Gasteiger partial charge in [-0.15, -0.1) is 0 Å². The molecule has 0 spiro atoms. The highest BCUT2D eigenvalue weighted by atomic mass is 16.2. The van der Waals surface area contributed by atoms with Crippen LogP contribution in [-0.4, -0.2) is 11.0 Å². The fourth-order valence-electron chi connectivity index (χ4n) is 1.74. The van der Waals surface area contributed by atoms with Crippen LogP contribution in [0.2, 0.25) is 0 Å². The molecule has 0 saturated carbocycles. The summed E-state index contributed by atoms with van der Waals surface area (Å²) in [6, 6.07) is 9.36. The Balaban J connectivity index is 2.07. The number of hydrogen-bond donors (Lipinski definition) is 2. The van der Waals surface area contributed by atoms with Gasteiger partial charge in [-0.25, -0.2) is 9.78 Å². The largest absolute Gasteiger partial charge is 0.324 e. The van der Waals surface area contributed by atoms with E-state index in [1.54, 1.807) is 6.20 Å². The second-order valence-electron chi connectivity index (χ2n) is 4.62. The van der Waals surface area contributed by atoms with Crippen molar-refractivity contribution in [3.05, 3.63) is 53.2 Å². The molecule has 0 fully saturated rings. The number of aryl methyl sites for hydroxylation is 3. The monoisotopic (exact) mass is 255 g/mol. The van der Waals surface area contributed by atoms with Crippen molar-refractivity contribution in [3.8, 4) is 0 Å². The van der Waals surface area contributed by atoms with Crippen LogP contribution in [0.3, 0.4) is 0 Å². The Hall–Kier alpha value is -2.36. The zero-order chi connectivity index (χ0) is 13.8. The summed E-state index contributed by atoms with van der Waals surface area (Å²) >= 11 is 0. The summed E-state index contributed by atoms with van der Waals surface area (Å²) in [4.78, 5) is 16.0. The molecule has 2 N–H and O–H groups in total. The minimum absolute atomic E-state index is 0.285. The Morgan fingerprint density at radius 1 is 1.00 bits per heavy atom. The van der Waals surface area contributed by atoms with Crippen LogP contribution in [0.5, 0.6) is 0 Å². The third kappa shape index (κ3) is 3.55. The molecule has 19 heavy (non-hydrogen) atoms. The summed E-state index contributed by atoms with van der Waals surface area (Å²) < 4.78 is 0. The Labute approximate surface area is 112 Å². The molecule has 0 radical (unpaired) electrons. The lowest BCUT2D eigenvalue weighted by Gasteiger charge is -2.10. The van der Waals surface area contributed by atoms with E-state index in [9.17, 15) is 4.79 Å². The molecule has 2 rings (SSSR count). The molecule has 1 aromatic carbocycles. The smallest absolute Gasteiger partial charge is 0.307 e. The van der Waals surface area contributed by atoms with E-state index in [0.29, 0.717) is 5.82 Å². The number of carbonyl (C=O) groups excluding carboxylic acids is 1. The first-order valence-electron chi connectivity index (χ1n) is 6.12. The molecule has 0 bridgehead atoms. The lowest BCUT2D eigenvalue weighted by molar-refractivity contribution is 0.262. The van der Waals surface area contributed by atoms with Crippen molar-refractivity contribution in [2.45, 2.75) is 20.8 Å². The van der Waals surface area contributed by atoms with E-state index in [2.05, 4.69) is 15.6 Å². The number of anilines is 2. The van der Waals surface area contributed by atoms with Gasteiger partial charge in [-0.1, -0.05) is 12.1 Å². The molecule has 4 nitrogen and oxygen atoms in total. The van der Waals surface area contributed by atoms with Crippen molar-refractivity contribution < 1.29 is 4.79 Å². The van der Waals surface area contributed by atoms with Crippen molar-refractivity contribution in [1.82, 2.24) is 4.98 Å². The SMILES string of the molecule is Cc1ccnc(NC(=O)Nc2cc(C)ccc2C)c1. The fraction of sp³-hybridized carbons (Fsp3) is 0.200. The first-order chi connectivity index (χ1) is 9.04. The lowest BCUT2D eigenvalue weighted by Crippen LogP contribution is -2.20. The third-order valence-corrected chi connectivity index (χ3v) is 2.80. The number of benzene rings is 1. The van der Waals surface area contributed by atoms with Gasteiger partial charge in [0.1, 0.15) is 5.82 Å². The molecule has 0 atom stereocenters. The highest BCUT2D eigenvalue weighted by molar-refractivity contribution is 5.99. The minimum Gasteiger partial charge on any atom is -0.307 e. The molecule has 0 unspecified atom stereocenters. The van der Waals surface area contributed by atoms with Crippen molar-refractivity contribution in [2.75, 3.05) is 10.6 Å². The number of nitrogens with one attached hydrogen (secondary N) is 2. The molecule has 1 aromatic heterocycles. The van der Waals surface area contributed by atoms with Gasteiger partial charge in [0.2, 0.25) is 0 Å². The van der Waals surface area contributed by atoms with Crippen LogP contribution in [0.15, 0.2) is 36.5 Å². The standard InChI is InChI=1S/C15H17N3O/c1-10-4-5-12(3)13(8-10)17-15(19)18-14-9-11(2)6-7-16-14/h4-9H,1-3H3,(H2,16,17,18,19). The summed E-state index contributed by atoms with van der Waals surface area (Å²) in [5.74, 6) is 0.544. The Bertz CT molecular complexity index is 608. The summed E-state index contributed by atoms with van der Waals surface area (Å²) in [5.41, 5.74) is 4.00. The lowest BCUT2D eigenvalue weighted by atomic mass is 10.1. The van der Waals surface area contributed by atoms with Gasteiger partial charge in [0.25, 0.3) is 0 Å². The first-order valence-corrected chi connectivity index (χ1v) is 6.12. The molecule has 4 heteroatoms. The Morgan fingerprint density at radius 3 is 2.47 bits per heavy atom. The number of hydrogen-bond acceptors (Lipinski definition) is 2. The van der Waals surface area contributed by atoms with Crippen LogP contribution in [0, 0.1) is 20.8 Å². The van der Waals surface area contributed by atoms with E-state index in [1.807, 2.05) is 51.1 Å². The quantitative estimate of drug-likeness (QED) is 0.860. The fourth-order valence-corrected chi connectivity index (χ4v) is 1.74. The zero-order valence-electron chi connectivity index (χ0n) is 11.3. The number of urea groups is 1. The van der Waals surface area contributed by atoms with Gasteiger partial charge < -0.3 is 5.32 Å². The highest BCUT2D eigenvalue weighted by Gasteiger charge is 2.05. The van der Waals surface area contributed by atoms with Gasteiger partial charge in [-0.3, -0.25) is 5.32 Å². The van der Waals surface area contributed by atoms with Crippen molar-refractivity contribution in [2.24, 2.45) is 0 Å². The topological polar surface area (TPSA) is 54.0 Å². The minimum atomic E-state index is -0.285. The highest BCUT2D eigenvalue weighted by Crippen LogP contribution is 2.16. The van der Waals surface area contributed by atoms with Gasteiger partial charge in [0, 0.05) is 11.9 Å². The molecule has 1 heterocycles. The number of pyridine rings is 1. The van der Waals surface area contributed by atoms with Gasteiger partial charge >= 0.3 is 6.03 Å². The second kappa shape index (κ2) is 5.52. The maximum absolute atomic E-state index is 11.9. The molecular formula is C15H17N3O. The maximum Gasteiger partial charge on any atom is 0.324 e. The van der Waals surface area contributed by atoms with Crippen molar-refractivity contribution >= 4 is 17.5 Å². The van der Waals surface area contributed by atoms with Crippen molar-refractivity contribution in [1.29, 1.82) is 0 Å². The van der Waals surface area contributed by atoms with Crippen LogP contribution < -0.4 is 10.6 Å². The number of amides is 2. The summed E-state index contributed by atoms with van der Waals surface area (Å²) in [5, 5.41) is 5.55. The zero-order valence-corrected chi connectivity index (χ0v) is 11.3. The third-order valence-electron chi connectivity index (χ3n) is 2.80. The molecule has 0 aliphatic carbocycles. The summed E-state index contributed by atoms with van der Waals surface area (Å²) in [7, 11) is 0. The first kappa shape index (κ1) is 13.1. The molecule has 0 aliphatic heterocycles. The van der Waals surface area contributed by atoms with Crippen molar-refractivity contribution in [3.63, 3.8) is 0 Å². The van der Waals surface area contributed by atoms with Crippen LogP contribution in [-0.2, 0) is 0 Å². The number of rotatable bonds is 2. The Kier molecular flexibility index (Phi) is 3.80. The molecular weight excluding hydrogens is 238 g/mol.